The number of halogens is 2. The second kappa shape index (κ2) is 6.81. The summed E-state index contributed by atoms with van der Waals surface area (Å²) in [4.78, 5) is 0. The van der Waals surface area contributed by atoms with Gasteiger partial charge >= 0.3 is 0 Å². The van der Waals surface area contributed by atoms with Gasteiger partial charge in [0.1, 0.15) is 0 Å². The Morgan fingerprint density at radius 2 is 1.89 bits per heavy atom. The molecule has 0 saturated heterocycles. The summed E-state index contributed by atoms with van der Waals surface area (Å²) < 4.78 is 25.6. The number of hydrogen-bond donors (Lipinski definition) is 2. The van der Waals surface area contributed by atoms with Gasteiger partial charge in [0.05, 0.1) is 0 Å². The van der Waals surface area contributed by atoms with Crippen LogP contribution in [0.1, 0.15) is 32.3 Å². The highest BCUT2D eigenvalue weighted by Gasteiger charge is 2.08. The van der Waals surface area contributed by atoms with Crippen molar-refractivity contribution in [1.29, 1.82) is 0 Å². The van der Waals surface area contributed by atoms with Crippen molar-refractivity contribution in [2.45, 2.75) is 38.6 Å². The zero-order valence-corrected chi connectivity index (χ0v) is 11.1. The fraction of sp³-hybridized carbons (Fsp3) is 0.571. The van der Waals surface area contributed by atoms with Crippen molar-refractivity contribution in [1.82, 2.24) is 5.32 Å². The lowest BCUT2D eigenvalue weighted by Crippen LogP contribution is -2.33. The van der Waals surface area contributed by atoms with Gasteiger partial charge in [-0.15, -0.1) is 0 Å². The van der Waals surface area contributed by atoms with E-state index in [4.69, 9.17) is 5.73 Å². The molecule has 18 heavy (non-hydrogen) atoms. The highest BCUT2D eigenvalue weighted by atomic mass is 19.2. The van der Waals surface area contributed by atoms with Crippen molar-refractivity contribution in [2.75, 3.05) is 13.1 Å². The third-order valence-corrected chi connectivity index (χ3v) is 2.75. The van der Waals surface area contributed by atoms with E-state index in [9.17, 15) is 8.78 Å². The third kappa shape index (κ3) is 6.07. The Balaban J connectivity index is 2.16. The van der Waals surface area contributed by atoms with E-state index in [1.165, 1.54) is 12.1 Å². The smallest absolute Gasteiger partial charge is 0.159 e. The Morgan fingerprint density at radius 1 is 1.17 bits per heavy atom. The lowest BCUT2D eigenvalue weighted by Gasteiger charge is -2.17. The molecule has 2 nitrogen and oxygen atoms in total. The van der Waals surface area contributed by atoms with Crippen molar-refractivity contribution in [3.8, 4) is 0 Å². The predicted octanol–water partition coefficient (Wildman–Crippen LogP) is 2.61. The van der Waals surface area contributed by atoms with Crippen LogP contribution in [0.4, 0.5) is 8.78 Å². The highest BCUT2D eigenvalue weighted by Crippen LogP contribution is 2.09. The third-order valence-electron chi connectivity index (χ3n) is 2.75. The first kappa shape index (κ1) is 15.1. The minimum absolute atomic E-state index is 0.123. The average Bonchev–Trinajstić information content (AvgIpc) is 2.26. The molecule has 0 radical (unpaired) electrons. The molecule has 1 rings (SSSR count). The van der Waals surface area contributed by atoms with Gasteiger partial charge < -0.3 is 11.1 Å². The van der Waals surface area contributed by atoms with Gasteiger partial charge in [-0.05, 0) is 63.9 Å². The van der Waals surface area contributed by atoms with Gasteiger partial charge in [0.2, 0.25) is 0 Å². The first-order valence-corrected chi connectivity index (χ1v) is 6.32. The molecule has 0 bridgehead atoms. The largest absolute Gasteiger partial charge is 0.326 e. The fourth-order valence-electron chi connectivity index (χ4n) is 1.72. The molecule has 0 atom stereocenters. The Morgan fingerprint density at radius 3 is 2.50 bits per heavy atom. The molecule has 0 saturated carbocycles. The van der Waals surface area contributed by atoms with Crippen LogP contribution < -0.4 is 11.1 Å². The van der Waals surface area contributed by atoms with Gasteiger partial charge in [-0.3, -0.25) is 0 Å². The Bertz CT molecular complexity index is 373. The van der Waals surface area contributed by atoms with E-state index in [1.807, 2.05) is 13.8 Å². The topological polar surface area (TPSA) is 38.0 Å². The molecule has 0 amide bonds. The zero-order valence-electron chi connectivity index (χ0n) is 11.1. The molecular formula is C14H22F2N2. The lowest BCUT2D eigenvalue weighted by atomic mass is 10.0. The Hall–Kier alpha value is -1.00. The van der Waals surface area contributed by atoms with Gasteiger partial charge in [-0.25, -0.2) is 8.78 Å². The summed E-state index contributed by atoms with van der Waals surface area (Å²) in [6.45, 7) is 5.67. The van der Waals surface area contributed by atoms with E-state index >= 15 is 0 Å². The van der Waals surface area contributed by atoms with Crippen LogP contribution in [0.2, 0.25) is 0 Å². The van der Waals surface area contributed by atoms with Crippen LogP contribution >= 0.6 is 0 Å². The molecule has 4 heteroatoms. The van der Waals surface area contributed by atoms with E-state index in [0.29, 0.717) is 6.42 Å². The summed E-state index contributed by atoms with van der Waals surface area (Å²) >= 11 is 0. The quantitative estimate of drug-likeness (QED) is 0.736. The molecular weight excluding hydrogens is 234 g/mol. The van der Waals surface area contributed by atoms with Gasteiger partial charge in [-0.1, -0.05) is 6.07 Å². The first-order valence-electron chi connectivity index (χ1n) is 6.32. The van der Waals surface area contributed by atoms with Gasteiger partial charge in [-0.2, -0.15) is 0 Å². The van der Waals surface area contributed by atoms with E-state index in [-0.39, 0.29) is 5.54 Å². The van der Waals surface area contributed by atoms with E-state index in [0.717, 1.165) is 31.5 Å². The summed E-state index contributed by atoms with van der Waals surface area (Å²) in [7, 11) is 0. The maximum Gasteiger partial charge on any atom is 0.159 e. The molecule has 0 spiro atoms. The van der Waals surface area contributed by atoms with Crippen molar-refractivity contribution in [3.05, 3.63) is 35.4 Å². The van der Waals surface area contributed by atoms with Crippen molar-refractivity contribution >= 4 is 0 Å². The van der Waals surface area contributed by atoms with Gasteiger partial charge in [0.25, 0.3) is 0 Å². The molecule has 3 N–H and O–H groups in total. The molecule has 102 valence electrons. The molecule has 0 fully saturated rings. The molecule has 0 aliphatic rings. The number of hydrogen-bond acceptors (Lipinski definition) is 2. The van der Waals surface area contributed by atoms with Crippen molar-refractivity contribution < 1.29 is 8.78 Å². The molecule has 1 aromatic rings. The zero-order chi connectivity index (χ0) is 13.6. The number of rotatable bonds is 7. The molecule has 1 aromatic carbocycles. The summed E-state index contributed by atoms with van der Waals surface area (Å²) in [5, 5.41) is 3.27. The van der Waals surface area contributed by atoms with Crippen LogP contribution in [0.15, 0.2) is 18.2 Å². The van der Waals surface area contributed by atoms with Crippen LogP contribution in [0.5, 0.6) is 0 Å². The maximum absolute atomic E-state index is 12.9. The van der Waals surface area contributed by atoms with E-state index < -0.39 is 11.6 Å². The maximum atomic E-state index is 12.9. The van der Waals surface area contributed by atoms with Crippen LogP contribution in [0.3, 0.4) is 0 Å². The number of benzene rings is 1. The van der Waals surface area contributed by atoms with Crippen molar-refractivity contribution in [2.24, 2.45) is 5.73 Å². The minimum Gasteiger partial charge on any atom is -0.326 e. The predicted molar refractivity (Wildman–Crippen MR) is 70.4 cm³/mol. The van der Waals surface area contributed by atoms with Crippen molar-refractivity contribution in [3.63, 3.8) is 0 Å². The summed E-state index contributed by atoms with van der Waals surface area (Å²) in [6, 6.07) is 4.03. The Labute approximate surface area is 108 Å². The van der Waals surface area contributed by atoms with Crippen LogP contribution in [0, 0.1) is 11.6 Å². The molecule has 0 heterocycles. The molecule has 0 aromatic heterocycles. The summed E-state index contributed by atoms with van der Waals surface area (Å²) in [5.41, 5.74) is 6.55. The van der Waals surface area contributed by atoms with E-state index in [2.05, 4.69) is 5.32 Å². The standard InChI is InChI=1S/C14H22F2N2/c1-14(2,17)7-3-8-18-9-6-11-4-5-12(15)13(16)10-11/h4-5,10,18H,3,6-9,17H2,1-2H3. The fourth-order valence-corrected chi connectivity index (χ4v) is 1.72. The van der Waals surface area contributed by atoms with E-state index in [1.54, 1.807) is 6.07 Å². The second-order valence-electron chi connectivity index (χ2n) is 5.34. The SMILES string of the molecule is CC(C)(N)CCCNCCc1ccc(F)c(F)c1. The molecule has 0 aliphatic heterocycles. The van der Waals surface area contributed by atoms with Crippen LogP contribution in [-0.2, 0) is 6.42 Å². The number of nitrogens with one attached hydrogen (secondary N) is 1. The van der Waals surface area contributed by atoms with Gasteiger partial charge in [0.15, 0.2) is 11.6 Å². The lowest BCUT2D eigenvalue weighted by molar-refractivity contribution is 0.449. The summed E-state index contributed by atoms with van der Waals surface area (Å²) in [5.74, 6) is -1.57. The normalized spacial score (nSPS) is 11.8. The Kier molecular flexibility index (Phi) is 5.69. The highest BCUT2D eigenvalue weighted by molar-refractivity contribution is 5.17. The van der Waals surface area contributed by atoms with Crippen LogP contribution in [-0.4, -0.2) is 18.6 Å². The average molecular weight is 256 g/mol. The minimum atomic E-state index is -0.795. The summed E-state index contributed by atoms with van der Waals surface area (Å²) in [6.07, 6.45) is 2.68. The molecule has 0 unspecified atom stereocenters. The van der Waals surface area contributed by atoms with Gasteiger partial charge in [0, 0.05) is 5.54 Å². The first-order chi connectivity index (χ1) is 8.38. The second-order valence-corrected chi connectivity index (χ2v) is 5.34. The monoisotopic (exact) mass is 256 g/mol. The molecule has 0 aliphatic carbocycles. The van der Waals surface area contributed by atoms with Crippen LogP contribution in [0.25, 0.3) is 0 Å². The number of nitrogens with two attached hydrogens (primary N) is 1.